The normalized spacial score (nSPS) is 15.0. The molecule has 4 aromatic rings. The Hall–Kier alpha value is -2.87. The maximum absolute atomic E-state index is 5.58. The highest BCUT2D eigenvalue weighted by molar-refractivity contribution is 7.99. The van der Waals surface area contributed by atoms with Gasteiger partial charge in [-0.05, 0) is 44.4 Å². The fourth-order valence-electron chi connectivity index (χ4n) is 3.23. The first-order chi connectivity index (χ1) is 14.2. The molecule has 0 N–H and O–H groups in total. The summed E-state index contributed by atoms with van der Waals surface area (Å²) in [6, 6.07) is 12.0. The number of furan rings is 1. The molecule has 0 spiro atoms. The smallest absolute Gasteiger partial charge is 0.239 e. The van der Waals surface area contributed by atoms with E-state index in [0.717, 1.165) is 46.5 Å². The topological polar surface area (TPSA) is 82.8 Å². The van der Waals surface area contributed by atoms with Gasteiger partial charge in [0.25, 0.3) is 0 Å². The van der Waals surface area contributed by atoms with Crippen LogP contribution in [0.1, 0.15) is 54.0 Å². The summed E-state index contributed by atoms with van der Waals surface area (Å²) in [7, 11) is 0. The summed E-state index contributed by atoms with van der Waals surface area (Å²) in [4.78, 5) is 4.58. The minimum atomic E-state index is -0.0285. The van der Waals surface area contributed by atoms with Gasteiger partial charge < -0.3 is 8.94 Å². The van der Waals surface area contributed by atoms with Gasteiger partial charge in [-0.25, -0.2) is 0 Å². The third-order valence-corrected chi connectivity index (χ3v) is 6.09. The maximum atomic E-state index is 5.58. The van der Waals surface area contributed by atoms with E-state index in [2.05, 4.69) is 44.0 Å². The zero-order chi connectivity index (χ0) is 19.8. The first kappa shape index (κ1) is 18.2. The Balaban J connectivity index is 1.47. The van der Waals surface area contributed by atoms with Crippen LogP contribution in [0.3, 0.4) is 0 Å². The van der Waals surface area contributed by atoms with Gasteiger partial charge in [0.2, 0.25) is 5.89 Å². The van der Waals surface area contributed by atoms with Gasteiger partial charge in [-0.2, -0.15) is 4.98 Å². The van der Waals surface area contributed by atoms with Gasteiger partial charge in [0.05, 0.1) is 18.1 Å². The molecule has 8 heteroatoms. The second-order valence-corrected chi connectivity index (χ2v) is 8.62. The largest absolute Gasteiger partial charge is 0.467 e. The molecule has 1 atom stereocenters. The Morgan fingerprint density at radius 1 is 1.17 bits per heavy atom. The molecular weight excluding hydrogens is 386 g/mol. The molecule has 3 aromatic heterocycles. The molecule has 0 radical (unpaired) electrons. The zero-order valence-corrected chi connectivity index (χ0v) is 17.1. The zero-order valence-electron chi connectivity index (χ0n) is 16.3. The van der Waals surface area contributed by atoms with Gasteiger partial charge in [0.1, 0.15) is 5.76 Å². The lowest BCUT2D eigenvalue weighted by Crippen LogP contribution is -2.05. The van der Waals surface area contributed by atoms with Crippen molar-refractivity contribution >= 4 is 11.8 Å². The van der Waals surface area contributed by atoms with E-state index in [-0.39, 0.29) is 5.25 Å². The van der Waals surface area contributed by atoms with E-state index in [4.69, 9.17) is 8.94 Å². The third kappa shape index (κ3) is 3.72. The predicted molar refractivity (Wildman–Crippen MR) is 109 cm³/mol. The van der Waals surface area contributed by atoms with Crippen molar-refractivity contribution < 1.29 is 8.94 Å². The van der Waals surface area contributed by atoms with Gasteiger partial charge in [-0.1, -0.05) is 41.2 Å². The monoisotopic (exact) mass is 407 g/mol. The first-order valence-corrected chi connectivity index (χ1v) is 10.6. The van der Waals surface area contributed by atoms with E-state index in [1.165, 1.54) is 0 Å². The van der Waals surface area contributed by atoms with Crippen molar-refractivity contribution in [2.45, 2.75) is 49.6 Å². The van der Waals surface area contributed by atoms with Crippen LogP contribution in [0, 0.1) is 6.92 Å². The quantitative estimate of drug-likeness (QED) is 0.398. The van der Waals surface area contributed by atoms with Crippen LogP contribution >= 0.6 is 11.8 Å². The molecule has 29 heavy (non-hydrogen) atoms. The molecule has 7 nitrogen and oxygen atoms in total. The fraction of sp³-hybridized carbons (Fsp3) is 0.333. The molecule has 1 aliphatic carbocycles. The van der Waals surface area contributed by atoms with Crippen LogP contribution in [0.2, 0.25) is 0 Å². The summed E-state index contributed by atoms with van der Waals surface area (Å²) in [5.41, 5.74) is 2.20. The predicted octanol–water partition coefficient (Wildman–Crippen LogP) is 5.01. The summed E-state index contributed by atoms with van der Waals surface area (Å²) >= 11 is 1.56. The number of hydrogen-bond acceptors (Lipinski definition) is 7. The van der Waals surface area contributed by atoms with E-state index >= 15 is 0 Å². The van der Waals surface area contributed by atoms with Crippen molar-refractivity contribution in [1.82, 2.24) is 24.9 Å². The molecule has 3 heterocycles. The van der Waals surface area contributed by atoms with Crippen LogP contribution in [-0.2, 0) is 6.54 Å². The van der Waals surface area contributed by atoms with Gasteiger partial charge >= 0.3 is 0 Å². The van der Waals surface area contributed by atoms with Crippen molar-refractivity contribution in [3.63, 3.8) is 0 Å². The number of benzene rings is 1. The van der Waals surface area contributed by atoms with E-state index in [9.17, 15) is 0 Å². The van der Waals surface area contributed by atoms with E-state index in [1.807, 2.05) is 31.2 Å². The molecule has 1 fully saturated rings. The van der Waals surface area contributed by atoms with Crippen LogP contribution in [0.5, 0.6) is 0 Å². The Morgan fingerprint density at radius 3 is 2.79 bits per heavy atom. The highest BCUT2D eigenvalue weighted by Gasteiger charge is 2.30. The van der Waals surface area contributed by atoms with Crippen LogP contribution in [0.25, 0.3) is 11.4 Å². The van der Waals surface area contributed by atoms with E-state index < -0.39 is 0 Å². The standard InChI is InChI=1S/C21H21N5O2S/c1-13-6-3-4-8-17(13)19-23-24-21(26(19)12-16-7-5-11-27-16)29-14(2)20-22-18(25-28-20)15-9-10-15/h3-8,11,14-15H,9-10,12H2,1-2H3. The average molecular weight is 407 g/mol. The molecule has 148 valence electrons. The number of nitrogens with zero attached hydrogens (tertiary/aromatic N) is 5. The molecule has 0 aliphatic heterocycles. The Kier molecular flexibility index (Phi) is 4.71. The van der Waals surface area contributed by atoms with E-state index in [1.54, 1.807) is 18.0 Å². The maximum Gasteiger partial charge on any atom is 0.239 e. The van der Waals surface area contributed by atoms with Crippen LogP contribution in [0.15, 0.2) is 56.8 Å². The molecule has 1 unspecified atom stereocenters. The Bertz CT molecular complexity index is 1110. The lowest BCUT2D eigenvalue weighted by molar-refractivity contribution is 0.374. The second kappa shape index (κ2) is 7.51. The second-order valence-electron chi connectivity index (χ2n) is 7.31. The number of thioether (sulfide) groups is 1. The lowest BCUT2D eigenvalue weighted by atomic mass is 10.1. The minimum absolute atomic E-state index is 0.0285. The number of hydrogen-bond donors (Lipinski definition) is 0. The minimum Gasteiger partial charge on any atom is -0.467 e. The molecule has 5 rings (SSSR count). The fourth-order valence-corrected chi connectivity index (χ4v) is 4.11. The van der Waals surface area contributed by atoms with Crippen molar-refractivity contribution in [3.8, 4) is 11.4 Å². The molecule has 1 aromatic carbocycles. The lowest BCUT2D eigenvalue weighted by Gasteiger charge is -2.11. The van der Waals surface area contributed by atoms with Crippen molar-refractivity contribution in [1.29, 1.82) is 0 Å². The summed E-state index contributed by atoms with van der Waals surface area (Å²) in [6.45, 7) is 4.68. The molecule has 0 amide bonds. The van der Waals surface area contributed by atoms with Crippen molar-refractivity contribution in [2.24, 2.45) is 0 Å². The summed E-state index contributed by atoms with van der Waals surface area (Å²) in [5.74, 6) is 3.59. The van der Waals surface area contributed by atoms with Gasteiger partial charge in [-0.15, -0.1) is 10.2 Å². The highest BCUT2D eigenvalue weighted by atomic mass is 32.2. The van der Waals surface area contributed by atoms with Crippen LogP contribution in [0.4, 0.5) is 0 Å². The van der Waals surface area contributed by atoms with Crippen LogP contribution < -0.4 is 0 Å². The molecule has 1 saturated carbocycles. The Labute approximate surface area is 172 Å². The summed E-state index contributed by atoms with van der Waals surface area (Å²) in [5, 5.41) is 13.9. The van der Waals surface area contributed by atoms with E-state index in [0.29, 0.717) is 18.4 Å². The average Bonchev–Trinajstić information content (AvgIpc) is 3.10. The van der Waals surface area contributed by atoms with Crippen LogP contribution in [-0.4, -0.2) is 24.9 Å². The first-order valence-electron chi connectivity index (χ1n) is 9.71. The summed E-state index contributed by atoms with van der Waals surface area (Å²) < 4.78 is 13.2. The Morgan fingerprint density at radius 2 is 2.03 bits per heavy atom. The SMILES string of the molecule is Cc1ccccc1-c1nnc(SC(C)c2nc(C3CC3)no2)n1Cc1ccco1. The number of rotatable bonds is 7. The third-order valence-electron chi connectivity index (χ3n) is 5.03. The van der Waals surface area contributed by atoms with Gasteiger partial charge in [0, 0.05) is 11.5 Å². The molecule has 0 bridgehead atoms. The number of aromatic nitrogens is 5. The molecular formula is C21H21N5O2S. The van der Waals surface area contributed by atoms with Gasteiger partial charge in [0.15, 0.2) is 16.8 Å². The van der Waals surface area contributed by atoms with Gasteiger partial charge in [-0.3, -0.25) is 4.57 Å². The summed E-state index contributed by atoms with van der Waals surface area (Å²) in [6.07, 6.45) is 3.98. The molecule has 1 aliphatic rings. The number of aryl methyl sites for hydroxylation is 1. The van der Waals surface area contributed by atoms with Crippen molar-refractivity contribution in [3.05, 3.63) is 65.7 Å². The van der Waals surface area contributed by atoms with Crippen molar-refractivity contribution in [2.75, 3.05) is 0 Å². The molecule has 0 saturated heterocycles. The highest BCUT2D eigenvalue weighted by Crippen LogP contribution is 2.40.